The number of rotatable bonds is 7. The third-order valence-corrected chi connectivity index (χ3v) is 4.46. The van der Waals surface area contributed by atoms with Crippen LogP contribution in [0.3, 0.4) is 0 Å². The van der Waals surface area contributed by atoms with Crippen LogP contribution in [0.1, 0.15) is 57.8 Å². The number of benzene rings is 1. The molecule has 1 heterocycles. The van der Waals surface area contributed by atoms with Gasteiger partial charge >= 0.3 is 0 Å². The van der Waals surface area contributed by atoms with Crippen LogP contribution < -0.4 is 0 Å². The lowest BCUT2D eigenvalue weighted by Gasteiger charge is -2.26. The average Bonchev–Trinajstić information content (AvgIpc) is 2.78. The number of unbranched alkanes of at least 4 members (excludes halogenated alkanes) is 2. The number of hydrogen-bond donors (Lipinski definition) is 0. The third-order valence-electron chi connectivity index (χ3n) is 4.22. The van der Waals surface area contributed by atoms with Crippen molar-refractivity contribution >= 4 is 22.6 Å². The number of hydrogen-bond acceptors (Lipinski definition) is 1. The van der Waals surface area contributed by atoms with E-state index in [0.717, 1.165) is 17.9 Å². The molecule has 116 valence electrons. The lowest BCUT2D eigenvalue weighted by molar-refractivity contribution is 0.272. The number of aryl methyl sites for hydroxylation is 1. The molecule has 2 aromatic rings. The summed E-state index contributed by atoms with van der Waals surface area (Å²) in [6.45, 7) is 10.1. The number of para-hydroxylation sites is 1. The Morgan fingerprint density at radius 2 is 2.00 bits per heavy atom. The van der Waals surface area contributed by atoms with Gasteiger partial charge in [-0.2, -0.15) is 0 Å². The van der Waals surface area contributed by atoms with Gasteiger partial charge in [0.05, 0.1) is 16.9 Å². The zero-order chi connectivity index (χ0) is 15.5. The van der Waals surface area contributed by atoms with Crippen molar-refractivity contribution in [3.63, 3.8) is 0 Å². The molecule has 0 aliphatic carbocycles. The van der Waals surface area contributed by atoms with Crippen LogP contribution in [0.2, 0.25) is 0 Å². The Kier molecular flexibility index (Phi) is 5.32. The molecule has 0 atom stereocenters. The molecule has 3 heteroatoms. The van der Waals surface area contributed by atoms with Gasteiger partial charge in [-0.05, 0) is 30.4 Å². The minimum absolute atomic E-state index is 0.271. The predicted molar refractivity (Wildman–Crippen MR) is 92.0 cm³/mol. The summed E-state index contributed by atoms with van der Waals surface area (Å²) in [6, 6.07) is 6.38. The van der Waals surface area contributed by atoms with Gasteiger partial charge in [0.15, 0.2) is 0 Å². The van der Waals surface area contributed by atoms with Crippen LogP contribution in [0, 0.1) is 12.3 Å². The third kappa shape index (κ3) is 3.79. The molecule has 0 saturated carbocycles. The molecule has 1 aromatic carbocycles. The van der Waals surface area contributed by atoms with E-state index in [9.17, 15) is 0 Å². The van der Waals surface area contributed by atoms with Gasteiger partial charge in [-0.25, -0.2) is 4.98 Å². The first kappa shape index (κ1) is 16.4. The summed E-state index contributed by atoms with van der Waals surface area (Å²) in [5.41, 5.74) is 3.81. The molecule has 2 rings (SSSR count). The molecule has 0 N–H and O–H groups in total. The zero-order valence-corrected chi connectivity index (χ0v) is 14.5. The Morgan fingerprint density at radius 3 is 2.67 bits per heavy atom. The standard InChI is InChI=1S/C18H27ClN2/c1-5-6-7-11-18(3,4)13-21-15-10-8-9-14(2)17(15)20-16(21)12-19/h8-10H,5-7,11-13H2,1-4H3. The van der Waals surface area contributed by atoms with Gasteiger partial charge < -0.3 is 4.57 Å². The highest BCUT2D eigenvalue weighted by Gasteiger charge is 2.21. The number of alkyl halides is 1. The van der Waals surface area contributed by atoms with Crippen LogP contribution in [0.25, 0.3) is 11.0 Å². The summed E-state index contributed by atoms with van der Waals surface area (Å²) >= 11 is 6.13. The van der Waals surface area contributed by atoms with Crippen LogP contribution in [0.15, 0.2) is 18.2 Å². The first-order valence-electron chi connectivity index (χ1n) is 7.99. The Hall–Kier alpha value is -1.02. The molecular formula is C18H27ClN2. The SMILES string of the molecule is CCCCCC(C)(C)Cn1c(CCl)nc2c(C)cccc21. The summed E-state index contributed by atoms with van der Waals surface area (Å²) in [5.74, 6) is 1.46. The lowest BCUT2D eigenvalue weighted by Crippen LogP contribution is -2.21. The molecule has 0 aliphatic rings. The van der Waals surface area contributed by atoms with Gasteiger partial charge in [0, 0.05) is 6.54 Å². The smallest absolute Gasteiger partial charge is 0.124 e. The second-order valence-corrected chi connectivity index (χ2v) is 7.08. The average molecular weight is 307 g/mol. The fourth-order valence-corrected chi connectivity index (χ4v) is 3.18. The van der Waals surface area contributed by atoms with Crippen molar-refractivity contribution in [1.29, 1.82) is 0 Å². The molecule has 0 saturated heterocycles. The predicted octanol–water partition coefficient (Wildman–Crippen LogP) is 5.69. The van der Waals surface area contributed by atoms with E-state index in [1.54, 1.807) is 0 Å². The summed E-state index contributed by atoms with van der Waals surface area (Å²) in [4.78, 5) is 4.74. The lowest BCUT2D eigenvalue weighted by atomic mass is 9.86. The van der Waals surface area contributed by atoms with Gasteiger partial charge in [0.1, 0.15) is 5.82 Å². The number of fused-ring (bicyclic) bond motifs is 1. The topological polar surface area (TPSA) is 17.8 Å². The van der Waals surface area contributed by atoms with Crippen LogP contribution in [0.5, 0.6) is 0 Å². The fraction of sp³-hybridized carbons (Fsp3) is 0.611. The summed E-state index contributed by atoms with van der Waals surface area (Å²) in [7, 11) is 0. The highest BCUT2D eigenvalue weighted by Crippen LogP contribution is 2.30. The van der Waals surface area contributed by atoms with Crippen molar-refractivity contribution in [3.05, 3.63) is 29.6 Å². The highest BCUT2D eigenvalue weighted by atomic mass is 35.5. The van der Waals surface area contributed by atoms with E-state index >= 15 is 0 Å². The Labute approximate surface area is 133 Å². The van der Waals surface area contributed by atoms with Gasteiger partial charge in [0.2, 0.25) is 0 Å². The van der Waals surface area contributed by atoms with Crippen molar-refractivity contribution in [2.75, 3.05) is 0 Å². The number of nitrogens with zero attached hydrogens (tertiary/aromatic N) is 2. The van der Waals surface area contributed by atoms with Crippen molar-refractivity contribution in [2.24, 2.45) is 5.41 Å². The number of aromatic nitrogens is 2. The second-order valence-electron chi connectivity index (χ2n) is 6.81. The molecule has 0 spiro atoms. The molecule has 0 fully saturated rings. The summed E-state index contributed by atoms with van der Waals surface area (Å²) < 4.78 is 2.32. The molecule has 0 bridgehead atoms. The highest BCUT2D eigenvalue weighted by molar-refractivity contribution is 6.16. The molecule has 2 nitrogen and oxygen atoms in total. The zero-order valence-electron chi connectivity index (χ0n) is 13.7. The molecule has 0 amide bonds. The number of halogens is 1. The van der Waals surface area contributed by atoms with Crippen molar-refractivity contribution < 1.29 is 0 Å². The molecule has 0 aliphatic heterocycles. The van der Waals surface area contributed by atoms with Gasteiger partial charge in [0.25, 0.3) is 0 Å². The first-order valence-corrected chi connectivity index (χ1v) is 8.52. The van der Waals surface area contributed by atoms with Gasteiger partial charge in [-0.1, -0.05) is 52.2 Å². The van der Waals surface area contributed by atoms with E-state index in [1.807, 2.05) is 0 Å². The monoisotopic (exact) mass is 306 g/mol. The largest absolute Gasteiger partial charge is 0.326 e. The quantitative estimate of drug-likeness (QED) is 0.474. The minimum atomic E-state index is 0.271. The summed E-state index contributed by atoms with van der Waals surface area (Å²) in [6.07, 6.45) is 5.13. The molecule has 0 radical (unpaired) electrons. The van der Waals surface area contributed by atoms with E-state index < -0.39 is 0 Å². The normalized spacial score (nSPS) is 12.2. The maximum absolute atomic E-state index is 6.13. The van der Waals surface area contributed by atoms with E-state index in [4.69, 9.17) is 16.6 Å². The molecular weight excluding hydrogens is 280 g/mol. The molecule has 1 aromatic heterocycles. The van der Waals surface area contributed by atoms with Crippen LogP contribution >= 0.6 is 11.6 Å². The minimum Gasteiger partial charge on any atom is -0.326 e. The second kappa shape index (κ2) is 6.83. The van der Waals surface area contributed by atoms with Gasteiger partial charge in [-0.3, -0.25) is 0 Å². The fourth-order valence-electron chi connectivity index (χ4n) is 2.97. The van der Waals surface area contributed by atoms with Crippen molar-refractivity contribution in [1.82, 2.24) is 9.55 Å². The maximum atomic E-state index is 6.13. The molecule has 0 unspecified atom stereocenters. The van der Waals surface area contributed by atoms with E-state index in [0.29, 0.717) is 5.88 Å². The van der Waals surface area contributed by atoms with Gasteiger partial charge in [-0.15, -0.1) is 11.6 Å². The Bertz CT molecular complexity index is 599. The Morgan fingerprint density at radius 1 is 1.24 bits per heavy atom. The van der Waals surface area contributed by atoms with Crippen LogP contribution in [-0.2, 0) is 12.4 Å². The van der Waals surface area contributed by atoms with Crippen LogP contribution in [-0.4, -0.2) is 9.55 Å². The van der Waals surface area contributed by atoms with Crippen molar-refractivity contribution in [2.45, 2.75) is 65.8 Å². The molecule has 21 heavy (non-hydrogen) atoms. The maximum Gasteiger partial charge on any atom is 0.124 e. The first-order chi connectivity index (χ1) is 9.98. The van der Waals surface area contributed by atoms with E-state index in [1.165, 1.54) is 36.8 Å². The van der Waals surface area contributed by atoms with E-state index in [2.05, 4.69) is 50.5 Å². The number of imidazole rings is 1. The Balaban J connectivity index is 2.30. The van der Waals surface area contributed by atoms with Crippen LogP contribution in [0.4, 0.5) is 0 Å². The summed E-state index contributed by atoms with van der Waals surface area (Å²) in [5, 5.41) is 0. The van der Waals surface area contributed by atoms with Crippen molar-refractivity contribution in [3.8, 4) is 0 Å². The van der Waals surface area contributed by atoms with E-state index in [-0.39, 0.29) is 5.41 Å².